The molecule has 2 rings (SSSR count). The second-order valence-electron chi connectivity index (χ2n) is 5.90. The molecule has 1 aromatic heterocycles. The fourth-order valence-electron chi connectivity index (χ4n) is 2.79. The van der Waals surface area contributed by atoms with Gasteiger partial charge in [-0.2, -0.15) is 5.26 Å². The number of benzene rings is 1. The first-order valence-electron chi connectivity index (χ1n) is 7.84. The number of rotatable bonds is 5. The number of aromatic amines is 1. The lowest BCUT2D eigenvalue weighted by Crippen LogP contribution is -2.27. The SMILES string of the molecule is Cc1[nH]c(=O)c(C#N)c(C)c1CCC(=O)N(C)Cc1ccccc1. The Morgan fingerprint density at radius 3 is 2.54 bits per heavy atom. The van der Waals surface area contributed by atoms with Crippen LogP contribution in [0.1, 0.15) is 34.4 Å². The Labute approximate surface area is 141 Å². The highest BCUT2D eigenvalue weighted by Gasteiger charge is 2.15. The standard InChI is InChI=1S/C19H21N3O2/c1-13-16(14(2)21-19(24)17(13)11-20)9-10-18(23)22(3)12-15-7-5-4-6-8-15/h4-8H,9-10,12H2,1-3H3,(H,21,24). The third-order valence-corrected chi connectivity index (χ3v) is 4.20. The molecule has 0 aliphatic carbocycles. The Morgan fingerprint density at radius 2 is 1.92 bits per heavy atom. The van der Waals surface area contributed by atoms with E-state index in [4.69, 9.17) is 5.26 Å². The monoisotopic (exact) mass is 323 g/mol. The first-order valence-corrected chi connectivity index (χ1v) is 7.84. The molecule has 0 aliphatic rings. The van der Waals surface area contributed by atoms with E-state index in [1.165, 1.54) is 0 Å². The molecule has 0 unspecified atom stereocenters. The Bertz CT molecular complexity index is 832. The van der Waals surface area contributed by atoms with Crippen molar-refractivity contribution in [1.82, 2.24) is 9.88 Å². The zero-order valence-corrected chi connectivity index (χ0v) is 14.2. The van der Waals surface area contributed by atoms with E-state index in [1.807, 2.05) is 36.4 Å². The summed E-state index contributed by atoms with van der Waals surface area (Å²) in [7, 11) is 1.78. The summed E-state index contributed by atoms with van der Waals surface area (Å²) in [6.07, 6.45) is 0.836. The molecule has 2 aromatic rings. The number of nitrogens with one attached hydrogen (secondary N) is 1. The van der Waals surface area contributed by atoms with Crippen molar-refractivity contribution < 1.29 is 4.79 Å². The Balaban J connectivity index is 2.07. The predicted octanol–water partition coefficient (Wildman–Crippen LogP) is 2.45. The lowest BCUT2D eigenvalue weighted by atomic mass is 9.99. The minimum atomic E-state index is -0.372. The van der Waals surface area contributed by atoms with E-state index >= 15 is 0 Å². The van der Waals surface area contributed by atoms with Crippen LogP contribution in [0.3, 0.4) is 0 Å². The van der Waals surface area contributed by atoms with Crippen LogP contribution in [0.25, 0.3) is 0 Å². The van der Waals surface area contributed by atoms with Crippen LogP contribution in [-0.2, 0) is 17.8 Å². The molecule has 0 saturated carbocycles. The van der Waals surface area contributed by atoms with Crippen molar-refractivity contribution in [3.05, 3.63) is 68.6 Å². The van der Waals surface area contributed by atoms with Gasteiger partial charge in [0.1, 0.15) is 11.6 Å². The highest BCUT2D eigenvalue weighted by atomic mass is 16.2. The maximum absolute atomic E-state index is 12.4. The lowest BCUT2D eigenvalue weighted by molar-refractivity contribution is -0.130. The molecule has 124 valence electrons. The molecule has 0 atom stereocenters. The van der Waals surface area contributed by atoms with Crippen molar-refractivity contribution in [2.45, 2.75) is 33.2 Å². The average molecular weight is 323 g/mol. The van der Waals surface area contributed by atoms with Gasteiger partial charge in [-0.15, -0.1) is 0 Å². The molecule has 1 N–H and O–H groups in total. The van der Waals surface area contributed by atoms with Gasteiger partial charge in [0.05, 0.1) is 0 Å². The summed E-state index contributed by atoms with van der Waals surface area (Å²) in [5, 5.41) is 9.10. The Hall–Kier alpha value is -2.87. The lowest BCUT2D eigenvalue weighted by Gasteiger charge is -2.18. The van der Waals surface area contributed by atoms with Gasteiger partial charge >= 0.3 is 0 Å². The summed E-state index contributed by atoms with van der Waals surface area (Å²) < 4.78 is 0. The molecule has 1 heterocycles. The largest absolute Gasteiger partial charge is 0.341 e. The van der Waals surface area contributed by atoms with E-state index in [9.17, 15) is 9.59 Å². The average Bonchev–Trinajstić information content (AvgIpc) is 2.55. The molecule has 24 heavy (non-hydrogen) atoms. The second kappa shape index (κ2) is 7.60. The zero-order valence-electron chi connectivity index (χ0n) is 14.2. The number of nitriles is 1. The summed E-state index contributed by atoms with van der Waals surface area (Å²) >= 11 is 0. The number of nitrogens with zero attached hydrogens (tertiary/aromatic N) is 2. The van der Waals surface area contributed by atoms with Crippen LogP contribution in [-0.4, -0.2) is 22.8 Å². The van der Waals surface area contributed by atoms with Crippen LogP contribution in [0.2, 0.25) is 0 Å². The van der Waals surface area contributed by atoms with E-state index in [0.29, 0.717) is 24.9 Å². The molecule has 0 fully saturated rings. The number of hydrogen-bond acceptors (Lipinski definition) is 3. The summed E-state index contributed by atoms with van der Waals surface area (Å²) in [5.74, 6) is 0.0300. The first-order chi connectivity index (χ1) is 11.4. The van der Waals surface area contributed by atoms with E-state index in [1.54, 1.807) is 25.8 Å². The quantitative estimate of drug-likeness (QED) is 0.918. The molecule has 5 nitrogen and oxygen atoms in total. The van der Waals surface area contributed by atoms with Crippen molar-refractivity contribution in [3.8, 4) is 6.07 Å². The van der Waals surface area contributed by atoms with Gasteiger partial charge in [0.2, 0.25) is 5.91 Å². The molecular formula is C19H21N3O2. The van der Waals surface area contributed by atoms with Crippen molar-refractivity contribution in [1.29, 1.82) is 5.26 Å². The molecule has 1 aromatic carbocycles. The molecule has 0 spiro atoms. The number of aromatic nitrogens is 1. The Morgan fingerprint density at radius 1 is 1.25 bits per heavy atom. The number of hydrogen-bond donors (Lipinski definition) is 1. The van der Waals surface area contributed by atoms with Crippen LogP contribution in [0.15, 0.2) is 35.1 Å². The van der Waals surface area contributed by atoms with Gasteiger partial charge in [-0.3, -0.25) is 9.59 Å². The normalized spacial score (nSPS) is 10.2. The highest BCUT2D eigenvalue weighted by molar-refractivity contribution is 5.76. The van der Waals surface area contributed by atoms with Crippen LogP contribution in [0, 0.1) is 25.2 Å². The molecule has 0 saturated heterocycles. The number of carbonyl (C=O) groups excluding carboxylic acids is 1. The van der Waals surface area contributed by atoms with Gasteiger partial charge in [0, 0.05) is 25.7 Å². The van der Waals surface area contributed by atoms with E-state index in [-0.39, 0.29) is 17.0 Å². The number of pyridine rings is 1. The van der Waals surface area contributed by atoms with Gasteiger partial charge in [0.25, 0.3) is 5.56 Å². The van der Waals surface area contributed by atoms with Crippen LogP contribution in [0.5, 0.6) is 0 Å². The summed E-state index contributed by atoms with van der Waals surface area (Å²) in [6.45, 7) is 4.12. The van der Waals surface area contributed by atoms with Gasteiger partial charge in [-0.05, 0) is 37.0 Å². The van der Waals surface area contributed by atoms with Gasteiger partial charge in [0.15, 0.2) is 0 Å². The molecule has 5 heteroatoms. The summed E-state index contributed by atoms with van der Waals surface area (Å²) in [5.41, 5.74) is 3.08. The predicted molar refractivity (Wildman–Crippen MR) is 92.5 cm³/mol. The van der Waals surface area contributed by atoms with Crippen LogP contribution < -0.4 is 5.56 Å². The van der Waals surface area contributed by atoms with E-state index in [2.05, 4.69) is 4.98 Å². The maximum Gasteiger partial charge on any atom is 0.266 e. The molecular weight excluding hydrogens is 302 g/mol. The van der Waals surface area contributed by atoms with Crippen molar-refractivity contribution in [2.24, 2.45) is 0 Å². The number of H-pyrrole nitrogens is 1. The van der Waals surface area contributed by atoms with Crippen LogP contribution >= 0.6 is 0 Å². The maximum atomic E-state index is 12.4. The number of carbonyl (C=O) groups is 1. The second-order valence-corrected chi connectivity index (χ2v) is 5.90. The molecule has 0 bridgehead atoms. The third kappa shape index (κ3) is 3.90. The van der Waals surface area contributed by atoms with Gasteiger partial charge < -0.3 is 9.88 Å². The minimum absolute atomic E-state index is 0.0300. The number of aryl methyl sites for hydroxylation is 1. The summed E-state index contributed by atoms with van der Waals surface area (Å²) in [6, 6.07) is 11.7. The van der Waals surface area contributed by atoms with E-state index < -0.39 is 0 Å². The fourth-order valence-corrected chi connectivity index (χ4v) is 2.79. The Kier molecular flexibility index (Phi) is 5.54. The summed E-state index contributed by atoms with van der Waals surface area (Å²) in [4.78, 5) is 28.5. The minimum Gasteiger partial charge on any atom is -0.341 e. The number of amides is 1. The van der Waals surface area contributed by atoms with Gasteiger partial charge in [-0.1, -0.05) is 30.3 Å². The molecule has 0 radical (unpaired) electrons. The smallest absolute Gasteiger partial charge is 0.266 e. The topological polar surface area (TPSA) is 77.0 Å². The van der Waals surface area contributed by atoms with Crippen LogP contribution in [0.4, 0.5) is 0 Å². The molecule has 0 aliphatic heterocycles. The first kappa shape index (κ1) is 17.5. The van der Waals surface area contributed by atoms with Gasteiger partial charge in [-0.25, -0.2) is 0 Å². The zero-order chi connectivity index (χ0) is 17.7. The molecule has 1 amide bonds. The highest BCUT2D eigenvalue weighted by Crippen LogP contribution is 2.15. The van der Waals surface area contributed by atoms with E-state index in [0.717, 1.165) is 16.8 Å². The van der Waals surface area contributed by atoms with Crippen molar-refractivity contribution in [2.75, 3.05) is 7.05 Å². The fraction of sp³-hybridized carbons (Fsp3) is 0.316. The third-order valence-electron chi connectivity index (χ3n) is 4.20. The van der Waals surface area contributed by atoms with Crippen molar-refractivity contribution >= 4 is 5.91 Å². The van der Waals surface area contributed by atoms with Crippen molar-refractivity contribution in [3.63, 3.8) is 0 Å².